The molecule has 3 nitrogen and oxygen atoms in total. The molecule has 4 heteroatoms. The number of nitrogens with zero attached hydrogens (tertiary/aromatic N) is 2. The van der Waals surface area contributed by atoms with Crippen LogP contribution in [-0.4, -0.2) is 28.9 Å². The third-order valence-electron chi connectivity index (χ3n) is 5.12. The van der Waals surface area contributed by atoms with E-state index in [-0.39, 0.29) is 5.91 Å². The number of amides is 1. The molecule has 0 bridgehead atoms. The van der Waals surface area contributed by atoms with E-state index in [0.29, 0.717) is 11.6 Å². The van der Waals surface area contributed by atoms with Gasteiger partial charge in [0.25, 0.3) is 5.91 Å². The molecule has 1 aromatic heterocycles. The fourth-order valence-electron chi connectivity index (χ4n) is 3.68. The molecule has 0 spiro atoms. The number of hydrogen-bond donors (Lipinski definition) is 0. The van der Waals surface area contributed by atoms with E-state index in [2.05, 4.69) is 17.1 Å². The first-order valence-electron chi connectivity index (χ1n) is 9.11. The molecule has 1 amide bonds. The van der Waals surface area contributed by atoms with E-state index in [9.17, 15) is 4.79 Å². The highest BCUT2D eigenvalue weighted by Gasteiger charge is 2.24. The normalized spacial score (nSPS) is 17.9. The second-order valence-electron chi connectivity index (χ2n) is 6.88. The van der Waals surface area contributed by atoms with Crippen LogP contribution in [0.15, 0.2) is 60.7 Å². The zero-order chi connectivity index (χ0) is 17.9. The number of fused-ring (bicyclic) bond motifs is 1. The van der Waals surface area contributed by atoms with Crippen LogP contribution in [0.2, 0.25) is 5.02 Å². The average molecular weight is 365 g/mol. The maximum Gasteiger partial charge on any atom is 0.272 e. The molecular weight excluding hydrogens is 344 g/mol. The van der Waals surface area contributed by atoms with Gasteiger partial charge in [-0.05, 0) is 42.7 Å². The number of likely N-dealkylation sites (tertiary alicyclic amines) is 1. The van der Waals surface area contributed by atoms with Crippen molar-refractivity contribution in [2.45, 2.75) is 25.2 Å². The Morgan fingerprint density at radius 2 is 1.81 bits per heavy atom. The molecule has 1 fully saturated rings. The number of pyridine rings is 1. The highest BCUT2D eigenvalue weighted by atomic mass is 35.5. The molecule has 26 heavy (non-hydrogen) atoms. The molecular formula is C22H21ClN2O. The Bertz CT molecular complexity index is 923. The monoisotopic (exact) mass is 364 g/mol. The van der Waals surface area contributed by atoms with Crippen molar-refractivity contribution < 1.29 is 4.79 Å². The van der Waals surface area contributed by atoms with E-state index >= 15 is 0 Å². The van der Waals surface area contributed by atoms with Crippen molar-refractivity contribution in [3.8, 4) is 0 Å². The zero-order valence-electron chi connectivity index (χ0n) is 14.6. The first-order valence-corrected chi connectivity index (χ1v) is 9.49. The summed E-state index contributed by atoms with van der Waals surface area (Å²) in [6, 6.07) is 19.7. The van der Waals surface area contributed by atoms with Gasteiger partial charge in [-0.15, -0.1) is 0 Å². The number of rotatable bonds is 2. The van der Waals surface area contributed by atoms with Gasteiger partial charge in [-0.3, -0.25) is 4.79 Å². The Labute approximate surface area is 158 Å². The van der Waals surface area contributed by atoms with Crippen LogP contribution in [0.3, 0.4) is 0 Å². The number of benzene rings is 2. The highest BCUT2D eigenvalue weighted by molar-refractivity contribution is 6.30. The van der Waals surface area contributed by atoms with Gasteiger partial charge >= 0.3 is 0 Å². The third-order valence-corrected chi connectivity index (χ3v) is 5.37. The summed E-state index contributed by atoms with van der Waals surface area (Å²) in [6.45, 7) is 1.52. The van der Waals surface area contributed by atoms with E-state index in [1.807, 2.05) is 53.4 Å². The van der Waals surface area contributed by atoms with Crippen molar-refractivity contribution in [1.29, 1.82) is 0 Å². The first-order chi connectivity index (χ1) is 12.7. The molecule has 1 atom stereocenters. The second kappa shape index (κ2) is 7.46. The lowest BCUT2D eigenvalue weighted by Gasteiger charge is -2.24. The molecule has 2 heterocycles. The predicted molar refractivity (Wildman–Crippen MR) is 106 cm³/mol. The molecule has 0 N–H and O–H groups in total. The summed E-state index contributed by atoms with van der Waals surface area (Å²) in [5, 5.41) is 1.80. The summed E-state index contributed by atoms with van der Waals surface area (Å²) in [5.74, 6) is 0.371. The van der Waals surface area contributed by atoms with Gasteiger partial charge in [-0.1, -0.05) is 54.4 Å². The van der Waals surface area contributed by atoms with Crippen LogP contribution in [0, 0.1) is 0 Å². The number of para-hydroxylation sites is 1. The molecule has 1 unspecified atom stereocenters. The Kier molecular flexibility index (Phi) is 4.89. The lowest BCUT2D eigenvalue weighted by molar-refractivity contribution is 0.0749. The third kappa shape index (κ3) is 3.58. The van der Waals surface area contributed by atoms with Crippen molar-refractivity contribution in [1.82, 2.24) is 9.88 Å². The van der Waals surface area contributed by atoms with Gasteiger partial charge in [0.1, 0.15) is 5.69 Å². The molecule has 1 aliphatic rings. The van der Waals surface area contributed by atoms with Crippen LogP contribution in [0.4, 0.5) is 0 Å². The quantitative estimate of drug-likeness (QED) is 0.618. The summed E-state index contributed by atoms with van der Waals surface area (Å²) < 4.78 is 0. The maximum atomic E-state index is 13.1. The molecule has 0 saturated carbocycles. The molecule has 0 radical (unpaired) electrons. The van der Waals surface area contributed by atoms with Crippen molar-refractivity contribution in [3.63, 3.8) is 0 Å². The minimum atomic E-state index is 0.0246. The van der Waals surface area contributed by atoms with E-state index in [1.54, 1.807) is 0 Å². The van der Waals surface area contributed by atoms with Crippen LogP contribution in [0.1, 0.15) is 41.2 Å². The number of hydrogen-bond acceptors (Lipinski definition) is 2. The first kappa shape index (κ1) is 17.0. The number of halogens is 1. The fraction of sp³-hybridized carbons (Fsp3) is 0.273. The lowest BCUT2D eigenvalue weighted by Crippen LogP contribution is -2.34. The topological polar surface area (TPSA) is 33.2 Å². The molecule has 1 saturated heterocycles. The Morgan fingerprint density at radius 1 is 1.00 bits per heavy atom. The summed E-state index contributed by atoms with van der Waals surface area (Å²) in [6.07, 6.45) is 3.25. The van der Waals surface area contributed by atoms with Gasteiger partial charge < -0.3 is 4.90 Å². The fourth-order valence-corrected chi connectivity index (χ4v) is 3.81. The Hall–Kier alpha value is -2.39. The number of carbonyl (C=O) groups is 1. The lowest BCUT2D eigenvalue weighted by atomic mass is 9.94. The van der Waals surface area contributed by atoms with Crippen LogP contribution in [0.5, 0.6) is 0 Å². The molecule has 3 aromatic rings. The second-order valence-corrected chi connectivity index (χ2v) is 7.32. The number of aromatic nitrogens is 1. The van der Waals surface area contributed by atoms with Crippen molar-refractivity contribution in [3.05, 3.63) is 76.9 Å². The molecule has 0 aliphatic carbocycles. The minimum absolute atomic E-state index is 0.0246. The van der Waals surface area contributed by atoms with Crippen LogP contribution in [-0.2, 0) is 0 Å². The van der Waals surface area contributed by atoms with Gasteiger partial charge in [-0.2, -0.15) is 0 Å². The van der Waals surface area contributed by atoms with Gasteiger partial charge in [0, 0.05) is 29.4 Å². The van der Waals surface area contributed by atoms with Gasteiger partial charge in [-0.25, -0.2) is 4.98 Å². The molecule has 4 rings (SSSR count). The van der Waals surface area contributed by atoms with Crippen LogP contribution >= 0.6 is 11.6 Å². The minimum Gasteiger partial charge on any atom is -0.337 e. The smallest absolute Gasteiger partial charge is 0.272 e. The maximum absolute atomic E-state index is 13.1. The zero-order valence-corrected chi connectivity index (χ0v) is 15.3. The summed E-state index contributed by atoms with van der Waals surface area (Å²) in [5.41, 5.74) is 2.64. The van der Waals surface area contributed by atoms with Gasteiger partial charge in [0.05, 0.1) is 5.52 Å². The average Bonchev–Trinajstić information content (AvgIpc) is 2.94. The standard InChI is InChI=1S/C22H21ClN2O/c23-19-11-8-16(9-12-19)18-6-3-4-14-25(15-18)22(26)21-13-10-17-5-1-2-7-20(17)24-21/h1-2,5,7-13,18H,3-4,6,14-15H2. The van der Waals surface area contributed by atoms with Crippen molar-refractivity contribution in [2.75, 3.05) is 13.1 Å². The van der Waals surface area contributed by atoms with Crippen LogP contribution < -0.4 is 0 Å². The Balaban J connectivity index is 1.58. The highest BCUT2D eigenvalue weighted by Crippen LogP contribution is 2.28. The van der Waals surface area contributed by atoms with Crippen molar-refractivity contribution in [2.24, 2.45) is 0 Å². The summed E-state index contributed by atoms with van der Waals surface area (Å²) in [7, 11) is 0. The summed E-state index contributed by atoms with van der Waals surface area (Å²) >= 11 is 6.02. The van der Waals surface area contributed by atoms with E-state index in [1.165, 1.54) is 5.56 Å². The molecule has 132 valence electrons. The van der Waals surface area contributed by atoms with Gasteiger partial charge in [0.15, 0.2) is 0 Å². The van der Waals surface area contributed by atoms with Crippen molar-refractivity contribution >= 4 is 28.4 Å². The largest absolute Gasteiger partial charge is 0.337 e. The van der Waals surface area contributed by atoms with E-state index in [4.69, 9.17) is 11.6 Å². The Morgan fingerprint density at radius 3 is 2.65 bits per heavy atom. The molecule has 1 aliphatic heterocycles. The molecule has 2 aromatic carbocycles. The van der Waals surface area contributed by atoms with E-state index < -0.39 is 0 Å². The summed E-state index contributed by atoms with van der Waals surface area (Å²) in [4.78, 5) is 19.6. The number of carbonyl (C=O) groups excluding carboxylic acids is 1. The van der Waals surface area contributed by atoms with E-state index in [0.717, 1.165) is 48.3 Å². The van der Waals surface area contributed by atoms with Crippen LogP contribution in [0.25, 0.3) is 10.9 Å². The predicted octanol–water partition coefficient (Wildman–Crippen LogP) is 5.30. The van der Waals surface area contributed by atoms with Gasteiger partial charge in [0.2, 0.25) is 0 Å². The SMILES string of the molecule is O=C(c1ccc2ccccc2n1)N1CCCCC(c2ccc(Cl)cc2)C1.